The van der Waals surface area contributed by atoms with Gasteiger partial charge in [-0.05, 0) is 31.2 Å². The Morgan fingerprint density at radius 2 is 1.95 bits per heavy atom. The maximum atomic E-state index is 4.41. The van der Waals surface area contributed by atoms with Crippen LogP contribution in [-0.2, 0) is 6.54 Å². The number of benzene rings is 1. The first kappa shape index (κ1) is 13.7. The molecule has 3 rings (SSSR count). The molecule has 1 unspecified atom stereocenters. The molecule has 0 spiro atoms. The number of hydrogen-bond acceptors (Lipinski definition) is 4. The Balaban J connectivity index is 1.96. The number of aryl methyl sites for hydroxylation is 1. The highest BCUT2D eigenvalue weighted by Crippen LogP contribution is 2.23. The van der Waals surface area contributed by atoms with Crippen LogP contribution in [0.15, 0.2) is 43.0 Å². The van der Waals surface area contributed by atoms with E-state index in [4.69, 9.17) is 0 Å². The van der Waals surface area contributed by atoms with Gasteiger partial charge in [0.05, 0.1) is 23.3 Å². The van der Waals surface area contributed by atoms with Crippen LogP contribution in [0.5, 0.6) is 0 Å². The van der Waals surface area contributed by atoms with Crippen molar-refractivity contribution in [2.75, 3.05) is 7.05 Å². The van der Waals surface area contributed by atoms with Gasteiger partial charge in [0.25, 0.3) is 0 Å². The van der Waals surface area contributed by atoms with Crippen LogP contribution in [0.4, 0.5) is 0 Å². The second kappa shape index (κ2) is 6.01. The van der Waals surface area contributed by atoms with Crippen molar-refractivity contribution in [1.82, 2.24) is 25.1 Å². The van der Waals surface area contributed by atoms with E-state index in [9.17, 15) is 0 Å². The fraction of sp³-hybridized carbons (Fsp3) is 0.312. The van der Waals surface area contributed by atoms with E-state index in [1.807, 2.05) is 24.0 Å². The minimum atomic E-state index is 0.113. The molecular formula is C16H19N5. The molecule has 0 bridgehead atoms. The van der Waals surface area contributed by atoms with Crippen molar-refractivity contribution in [2.24, 2.45) is 0 Å². The van der Waals surface area contributed by atoms with E-state index in [1.165, 1.54) is 5.56 Å². The van der Waals surface area contributed by atoms with Gasteiger partial charge in [0.15, 0.2) is 0 Å². The van der Waals surface area contributed by atoms with Crippen molar-refractivity contribution < 1.29 is 0 Å². The number of fused-ring (bicyclic) bond motifs is 1. The van der Waals surface area contributed by atoms with E-state index in [0.717, 1.165) is 29.6 Å². The first-order valence-corrected chi connectivity index (χ1v) is 7.22. The molecule has 0 aliphatic heterocycles. The van der Waals surface area contributed by atoms with Crippen LogP contribution in [0, 0.1) is 0 Å². The number of nitrogens with one attached hydrogen (secondary N) is 1. The Morgan fingerprint density at radius 1 is 1.14 bits per heavy atom. The van der Waals surface area contributed by atoms with Crippen molar-refractivity contribution in [3.63, 3.8) is 0 Å². The lowest BCUT2D eigenvalue weighted by Gasteiger charge is -2.15. The molecule has 1 atom stereocenters. The molecule has 3 aromatic rings. The van der Waals surface area contributed by atoms with Crippen LogP contribution in [0.1, 0.15) is 30.5 Å². The van der Waals surface area contributed by atoms with Gasteiger partial charge in [0.2, 0.25) is 0 Å². The van der Waals surface area contributed by atoms with Crippen LogP contribution in [0.3, 0.4) is 0 Å². The van der Waals surface area contributed by atoms with Gasteiger partial charge < -0.3 is 5.32 Å². The summed E-state index contributed by atoms with van der Waals surface area (Å²) in [6.45, 7) is 3.10. The Kier molecular flexibility index (Phi) is 3.92. The van der Waals surface area contributed by atoms with Crippen LogP contribution in [-0.4, -0.2) is 26.8 Å². The molecule has 5 nitrogen and oxygen atoms in total. The topological polar surface area (TPSA) is 55.6 Å². The lowest BCUT2D eigenvalue weighted by Crippen LogP contribution is -2.17. The maximum Gasteiger partial charge on any atom is 0.0890 e. The summed E-state index contributed by atoms with van der Waals surface area (Å²) in [5.41, 5.74) is 4.16. The highest BCUT2D eigenvalue weighted by Gasteiger charge is 2.14. The van der Waals surface area contributed by atoms with Gasteiger partial charge in [0.1, 0.15) is 0 Å². The summed E-state index contributed by atoms with van der Waals surface area (Å²) in [6, 6.07) is 6.30. The third-order valence-corrected chi connectivity index (χ3v) is 3.55. The molecular weight excluding hydrogens is 262 g/mol. The Hall–Kier alpha value is -2.27. The molecule has 0 radical (unpaired) electrons. The Morgan fingerprint density at radius 3 is 2.71 bits per heavy atom. The standard InChI is InChI=1S/C16H19N5/c1-3-8-21-11-13(10-20-21)16(17-2)12-4-5-14-15(9-12)19-7-6-18-14/h4-7,9-11,16-17H,3,8H2,1-2H3. The predicted molar refractivity (Wildman–Crippen MR) is 83.0 cm³/mol. The third kappa shape index (κ3) is 2.78. The van der Waals surface area contributed by atoms with Gasteiger partial charge in [-0.1, -0.05) is 13.0 Å². The molecule has 1 aromatic carbocycles. The zero-order chi connectivity index (χ0) is 14.7. The zero-order valence-electron chi connectivity index (χ0n) is 12.3. The van der Waals surface area contributed by atoms with Gasteiger partial charge in [-0.3, -0.25) is 14.6 Å². The quantitative estimate of drug-likeness (QED) is 0.781. The Bertz CT molecular complexity index is 734. The average Bonchev–Trinajstić information content (AvgIpc) is 2.97. The zero-order valence-corrected chi connectivity index (χ0v) is 12.3. The molecule has 21 heavy (non-hydrogen) atoms. The van der Waals surface area contributed by atoms with Crippen molar-refractivity contribution in [3.8, 4) is 0 Å². The van der Waals surface area contributed by atoms with Crippen molar-refractivity contribution >= 4 is 11.0 Å². The molecule has 2 heterocycles. The van der Waals surface area contributed by atoms with Crippen molar-refractivity contribution in [1.29, 1.82) is 0 Å². The van der Waals surface area contributed by atoms with E-state index in [-0.39, 0.29) is 6.04 Å². The molecule has 0 fully saturated rings. The number of nitrogens with zero attached hydrogens (tertiary/aromatic N) is 4. The SMILES string of the molecule is CCCn1cc(C(NC)c2ccc3nccnc3c2)cn1. The largest absolute Gasteiger partial charge is 0.309 e. The van der Waals surface area contributed by atoms with Gasteiger partial charge in [-0.2, -0.15) is 5.10 Å². The van der Waals surface area contributed by atoms with Gasteiger partial charge in [-0.25, -0.2) is 0 Å². The molecule has 2 aromatic heterocycles. The van der Waals surface area contributed by atoms with Gasteiger partial charge in [-0.15, -0.1) is 0 Å². The summed E-state index contributed by atoms with van der Waals surface area (Å²) in [5.74, 6) is 0. The predicted octanol–water partition coefficient (Wildman–Crippen LogP) is 2.55. The number of aromatic nitrogens is 4. The van der Waals surface area contributed by atoms with E-state index in [2.05, 4.69) is 45.6 Å². The fourth-order valence-electron chi connectivity index (χ4n) is 2.57. The van der Waals surface area contributed by atoms with Crippen LogP contribution in [0.2, 0.25) is 0 Å². The third-order valence-electron chi connectivity index (χ3n) is 3.55. The lowest BCUT2D eigenvalue weighted by atomic mass is 10.0. The molecule has 0 saturated heterocycles. The molecule has 5 heteroatoms. The number of hydrogen-bond donors (Lipinski definition) is 1. The average molecular weight is 281 g/mol. The first-order valence-electron chi connectivity index (χ1n) is 7.22. The van der Waals surface area contributed by atoms with Gasteiger partial charge in [0, 0.05) is 30.7 Å². The number of rotatable bonds is 5. The molecule has 0 amide bonds. The maximum absolute atomic E-state index is 4.41. The summed E-state index contributed by atoms with van der Waals surface area (Å²) >= 11 is 0. The van der Waals surface area contributed by atoms with Crippen LogP contribution >= 0.6 is 0 Å². The summed E-state index contributed by atoms with van der Waals surface area (Å²) < 4.78 is 1.99. The van der Waals surface area contributed by atoms with Crippen molar-refractivity contribution in [3.05, 3.63) is 54.1 Å². The molecule has 1 N–H and O–H groups in total. The first-order chi connectivity index (χ1) is 10.3. The minimum Gasteiger partial charge on any atom is -0.309 e. The van der Waals surface area contributed by atoms with Gasteiger partial charge >= 0.3 is 0 Å². The summed E-state index contributed by atoms with van der Waals surface area (Å²) in [5, 5.41) is 7.76. The highest BCUT2D eigenvalue weighted by atomic mass is 15.3. The minimum absolute atomic E-state index is 0.113. The monoisotopic (exact) mass is 281 g/mol. The summed E-state index contributed by atoms with van der Waals surface area (Å²) in [7, 11) is 1.96. The fourth-order valence-corrected chi connectivity index (χ4v) is 2.57. The second-order valence-electron chi connectivity index (χ2n) is 5.06. The van der Waals surface area contributed by atoms with E-state index < -0.39 is 0 Å². The smallest absolute Gasteiger partial charge is 0.0890 e. The second-order valence-corrected chi connectivity index (χ2v) is 5.06. The molecule has 0 aliphatic carbocycles. The summed E-state index contributed by atoms with van der Waals surface area (Å²) in [6.07, 6.45) is 8.55. The van der Waals surface area contributed by atoms with E-state index in [1.54, 1.807) is 12.4 Å². The van der Waals surface area contributed by atoms with Crippen molar-refractivity contribution in [2.45, 2.75) is 25.9 Å². The van der Waals surface area contributed by atoms with Crippen LogP contribution in [0.25, 0.3) is 11.0 Å². The normalized spacial score (nSPS) is 12.7. The molecule has 0 saturated carbocycles. The highest BCUT2D eigenvalue weighted by molar-refractivity contribution is 5.74. The molecule has 0 aliphatic rings. The Labute approximate surface area is 124 Å². The summed E-state index contributed by atoms with van der Waals surface area (Å²) in [4.78, 5) is 8.69. The van der Waals surface area contributed by atoms with E-state index in [0.29, 0.717) is 0 Å². The van der Waals surface area contributed by atoms with Crippen LogP contribution < -0.4 is 5.32 Å². The van der Waals surface area contributed by atoms with E-state index >= 15 is 0 Å². The lowest BCUT2D eigenvalue weighted by molar-refractivity contribution is 0.600. The molecule has 108 valence electrons.